The minimum Gasteiger partial charge on any atom is -0.316 e. The molecule has 1 fully saturated rings. The molecule has 31 heavy (non-hydrogen) atoms. The van der Waals surface area contributed by atoms with E-state index in [0.29, 0.717) is 12.5 Å². The maximum absolute atomic E-state index is 13.0. The standard InChI is InChI=1S/C24H27N5OS/c30-23(29-13-4-6-19-5-1-2-8-21(19)29)17-28-14-10-18(11-15-28)20-7-3-9-22(26-20)27-24-25-12-16-31-24/h1-3,5,7-9,12,16,18H,4,6,10-11,13-15,17H2,(H,25,26,27). The SMILES string of the molecule is O=C(CN1CCC(c2cccc(Nc3nccs3)n2)CC1)N1CCCc2ccccc21. The van der Waals surface area contributed by atoms with Gasteiger partial charge in [-0.25, -0.2) is 9.97 Å². The number of aryl methyl sites for hydroxylation is 1. The van der Waals surface area contributed by atoms with Gasteiger partial charge in [-0.05, 0) is 62.5 Å². The van der Waals surface area contributed by atoms with Crippen molar-refractivity contribution in [2.24, 2.45) is 0 Å². The van der Waals surface area contributed by atoms with E-state index in [1.165, 1.54) is 5.56 Å². The number of nitrogens with one attached hydrogen (secondary N) is 1. The number of fused-ring (bicyclic) bond motifs is 1. The minimum absolute atomic E-state index is 0.221. The van der Waals surface area contributed by atoms with E-state index >= 15 is 0 Å². The van der Waals surface area contributed by atoms with Crippen molar-refractivity contribution in [2.75, 3.05) is 36.4 Å². The Balaban J connectivity index is 1.17. The van der Waals surface area contributed by atoms with E-state index in [2.05, 4.69) is 45.5 Å². The number of nitrogens with zero attached hydrogens (tertiary/aromatic N) is 4. The highest BCUT2D eigenvalue weighted by atomic mass is 32.1. The number of anilines is 3. The van der Waals surface area contributed by atoms with Crippen LogP contribution in [0.4, 0.5) is 16.6 Å². The highest BCUT2D eigenvalue weighted by molar-refractivity contribution is 7.13. The van der Waals surface area contributed by atoms with Crippen LogP contribution in [-0.2, 0) is 11.2 Å². The first-order valence-corrected chi connectivity index (χ1v) is 11.9. The van der Waals surface area contributed by atoms with E-state index in [-0.39, 0.29) is 5.91 Å². The number of rotatable bonds is 5. The van der Waals surface area contributed by atoms with Crippen LogP contribution in [0.25, 0.3) is 0 Å². The van der Waals surface area contributed by atoms with Gasteiger partial charge in [-0.3, -0.25) is 9.69 Å². The Morgan fingerprint density at radius 3 is 2.81 bits per heavy atom. The Hall–Kier alpha value is -2.77. The van der Waals surface area contributed by atoms with Gasteiger partial charge >= 0.3 is 0 Å². The Morgan fingerprint density at radius 2 is 1.97 bits per heavy atom. The van der Waals surface area contributed by atoms with Crippen molar-refractivity contribution in [2.45, 2.75) is 31.6 Å². The largest absolute Gasteiger partial charge is 0.316 e. The summed E-state index contributed by atoms with van der Waals surface area (Å²) in [5.41, 5.74) is 3.51. The van der Waals surface area contributed by atoms with Crippen LogP contribution in [0.15, 0.2) is 54.0 Å². The number of piperidine rings is 1. The van der Waals surface area contributed by atoms with E-state index < -0.39 is 0 Å². The van der Waals surface area contributed by atoms with Gasteiger partial charge in [0, 0.05) is 35.4 Å². The molecule has 0 saturated carbocycles. The number of para-hydroxylation sites is 1. The van der Waals surface area contributed by atoms with Crippen LogP contribution in [0.2, 0.25) is 0 Å². The van der Waals surface area contributed by atoms with Crippen molar-refractivity contribution in [1.29, 1.82) is 0 Å². The number of likely N-dealkylation sites (tertiary alicyclic amines) is 1. The van der Waals surface area contributed by atoms with Crippen molar-refractivity contribution in [3.63, 3.8) is 0 Å². The third-order valence-electron chi connectivity index (χ3n) is 6.21. The van der Waals surface area contributed by atoms with Gasteiger partial charge in [0.25, 0.3) is 0 Å². The van der Waals surface area contributed by atoms with Crippen molar-refractivity contribution < 1.29 is 4.79 Å². The van der Waals surface area contributed by atoms with Gasteiger partial charge in [-0.15, -0.1) is 11.3 Å². The lowest BCUT2D eigenvalue weighted by atomic mass is 9.93. The number of amides is 1. The van der Waals surface area contributed by atoms with Crippen LogP contribution in [0.1, 0.15) is 36.4 Å². The highest BCUT2D eigenvalue weighted by Gasteiger charge is 2.27. The second kappa shape index (κ2) is 9.16. The molecule has 0 bridgehead atoms. The third-order valence-corrected chi connectivity index (χ3v) is 6.90. The molecule has 2 aliphatic rings. The zero-order valence-electron chi connectivity index (χ0n) is 17.5. The van der Waals surface area contributed by atoms with E-state index in [0.717, 1.165) is 67.6 Å². The van der Waals surface area contributed by atoms with Gasteiger partial charge in [-0.2, -0.15) is 0 Å². The molecule has 160 valence electrons. The normalized spacial score (nSPS) is 17.4. The molecule has 7 heteroatoms. The van der Waals surface area contributed by atoms with E-state index in [1.54, 1.807) is 17.5 Å². The fraction of sp³-hybridized carbons (Fsp3) is 0.375. The Morgan fingerprint density at radius 1 is 1.10 bits per heavy atom. The van der Waals surface area contributed by atoms with Crippen molar-refractivity contribution >= 4 is 33.9 Å². The van der Waals surface area contributed by atoms with E-state index in [4.69, 9.17) is 4.98 Å². The summed E-state index contributed by atoms with van der Waals surface area (Å²) in [4.78, 5) is 26.4. The van der Waals surface area contributed by atoms with Crippen molar-refractivity contribution in [1.82, 2.24) is 14.9 Å². The first-order chi connectivity index (χ1) is 15.3. The third kappa shape index (κ3) is 4.62. The zero-order valence-corrected chi connectivity index (χ0v) is 18.4. The number of aromatic nitrogens is 2. The molecule has 4 heterocycles. The van der Waals surface area contributed by atoms with Crippen molar-refractivity contribution in [3.05, 3.63) is 65.3 Å². The molecule has 1 N–H and O–H groups in total. The Kier molecular flexibility index (Phi) is 5.95. The summed E-state index contributed by atoms with van der Waals surface area (Å²) in [6, 6.07) is 14.5. The number of pyridine rings is 1. The van der Waals surface area contributed by atoms with Crippen LogP contribution in [0, 0.1) is 0 Å². The van der Waals surface area contributed by atoms with Crippen LogP contribution < -0.4 is 10.2 Å². The highest BCUT2D eigenvalue weighted by Crippen LogP contribution is 2.30. The lowest BCUT2D eigenvalue weighted by Gasteiger charge is -2.34. The predicted molar refractivity (Wildman–Crippen MR) is 125 cm³/mol. The number of hydrogen-bond acceptors (Lipinski definition) is 6. The molecule has 0 unspecified atom stereocenters. The number of thiazole rings is 1. The smallest absolute Gasteiger partial charge is 0.241 e. The summed E-state index contributed by atoms with van der Waals surface area (Å²) in [7, 11) is 0. The van der Waals surface area contributed by atoms with Gasteiger partial charge in [0.2, 0.25) is 5.91 Å². The van der Waals surface area contributed by atoms with Gasteiger partial charge in [0.05, 0.1) is 6.54 Å². The predicted octanol–water partition coefficient (Wildman–Crippen LogP) is 4.44. The van der Waals surface area contributed by atoms with Gasteiger partial charge in [0.15, 0.2) is 5.13 Å². The molecule has 2 aliphatic heterocycles. The van der Waals surface area contributed by atoms with Crippen molar-refractivity contribution in [3.8, 4) is 0 Å². The number of carbonyl (C=O) groups excluding carboxylic acids is 1. The summed E-state index contributed by atoms with van der Waals surface area (Å²) < 4.78 is 0. The summed E-state index contributed by atoms with van der Waals surface area (Å²) >= 11 is 1.57. The second-order valence-electron chi connectivity index (χ2n) is 8.24. The van der Waals surface area contributed by atoms with E-state index in [9.17, 15) is 4.79 Å². The summed E-state index contributed by atoms with van der Waals surface area (Å²) in [6.45, 7) is 3.19. The quantitative estimate of drug-likeness (QED) is 0.645. The lowest BCUT2D eigenvalue weighted by Crippen LogP contribution is -2.45. The zero-order chi connectivity index (χ0) is 21.0. The summed E-state index contributed by atoms with van der Waals surface area (Å²) in [5, 5.41) is 6.09. The van der Waals surface area contributed by atoms with Crippen LogP contribution in [0.3, 0.4) is 0 Å². The van der Waals surface area contributed by atoms with Crippen LogP contribution in [-0.4, -0.2) is 47.0 Å². The topological polar surface area (TPSA) is 61.4 Å². The Bertz CT molecular complexity index is 1030. The lowest BCUT2D eigenvalue weighted by molar-refractivity contribution is -0.120. The maximum Gasteiger partial charge on any atom is 0.241 e. The molecular weight excluding hydrogens is 406 g/mol. The fourth-order valence-electron chi connectivity index (χ4n) is 4.60. The number of hydrogen-bond donors (Lipinski definition) is 1. The fourth-order valence-corrected chi connectivity index (χ4v) is 5.14. The molecule has 0 radical (unpaired) electrons. The minimum atomic E-state index is 0.221. The molecule has 1 amide bonds. The molecule has 0 aliphatic carbocycles. The first kappa shape index (κ1) is 20.2. The molecule has 0 spiro atoms. The number of carbonyl (C=O) groups is 1. The second-order valence-corrected chi connectivity index (χ2v) is 9.13. The maximum atomic E-state index is 13.0. The first-order valence-electron chi connectivity index (χ1n) is 11.0. The van der Waals surface area contributed by atoms with E-state index in [1.807, 2.05) is 22.4 Å². The molecule has 6 nitrogen and oxygen atoms in total. The average molecular weight is 434 g/mol. The Labute approximate surface area is 186 Å². The molecular formula is C24H27N5OS. The molecule has 3 aromatic rings. The number of benzene rings is 1. The molecule has 1 aromatic carbocycles. The van der Waals surface area contributed by atoms with Crippen LogP contribution in [0.5, 0.6) is 0 Å². The summed E-state index contributed by atoms with van der Waals surface area (Å²) in [5.74, 6) is 1.49. The van der Waals surface area contributed by atoms with Gasteiger partial charge in [0.1, 0.15) is 5.82 Å². The van der Waals surface area contributed by atoms with Gasteiger partial charge in [-0.1, -0.05) is 24.3 Å². The molecule has 2 aromatic heterocycles. The van der Waals surface area contributed by atoms with Crippen LogP contribution >= 0.6 is 11.3 Å². The summed E-state index contributed by atoms with van der Waals surface area (Å²) in [6.07, 6.45) is 5.95. The molecule has 1 saturated heterocycles. The monoisotopic (exact) mass is 433 g/mol. The molecule has 0 atom stereocenters. The average Bonchev–Trinajstić information content (AvgIpc) is 3.32. The van der Waals surface area contributed by atoms with Gasteiger partial charge < -0.3 is 10.2 Å². The molecule has 5 rings (SSSR count).